The van der Waals surface area contributed by atoms with Crippen LogP contribution in [0.4, 0.5) is 0 Å². The predicted molar refractivity (Wildman–Crippen MR) is 99.8 cm³/mol. The molecule has 3 heterocycles. The van der Waals surface area contributed by atoms with E-state index in [1.54, 1.807) is 17.0 Å². The number of piperazine rings is 1. The molecule has 0 bridgehead atoms. The van der Waals surface area contributed by atoms with Crippen LogP contribution < -0.4 is 10.6 Å². The molecule has 2 N–H and O–H groups in total. The second-order valence-electron chi connectivity index (χ2n) is 7.06. The van der Waals surface area contributed by atoms with Crippen LogP contribution in [0.25, 0.3) is 0 Å². The van der Waals surface area contributed by atoms with Crippen LogP contribution in [-0.4, -0.2) is 54.1 Å². The summed E-state index contributed by atoms with van der Waals surface area (Å²) in [6, 6.07) is 11.5. The molecule has 7 heteroatoms. The zero-order valence-corrected chi connectivity index (χ0v) is 15.4. The molecule has 4 rings (SSSR count). The van der Waals surface area contributed by atoms with Crippen molar-refractivity contribution in [3.8, 4) is 0 Å². The number of carbonyl (C=O) groups excluding carboxylic acids is 2. The standard InChI is InChI=1S/C20H24N4O3/c1-14-5-2-3-6-15(14)16-13-18(25)22-20(21-16)24-10-8-23(9-11-24)19(26)17-7-4-12-27-17/h2-7,12,16,20-21H,8-11,13H2,1H3,(H,22,25). The highest BCUT2D eigenvalue weighted by atomic mass is 16.3. The van der Waals surface area contributed by atoms with E-state index in [0.717, 1.165) is 5.56 Å². The van der Waals surface area contributed by atoms with Crippen molar-refractivity contribution in [3.63, 3.8) is 0 Å². The highest BCUT2D eigenvalue weighted by Gasteiger charge is 2.33. The van der Waals surface area contributed by atoms with Crippen LogP contribution in [0.2, 0.25) is 0 Å². The van der Waals surface area contributed by atoms with Crippen LogP contribution in [0.15, 0.2) is 47.1 Å². The van der Waals surface area contributed by atoms with E-state index < -0.39 is 0 Å². The van der Waals surface area contributed by atoms with Crippen molar-refractivity contribution in [2.45, 2.75) is 25.7 Å². The maximum absolute atomic E-state index is 12.4. The Morgan fingerprint density at radius 1 is 1.11 bits per heavy atom. The van der Waals surface area contributed by atoms with Crippen LogP contribution in [0, 0.1) is 6.92 Å². The fraction of sp³-hybridized carbons (Fsp3) is 0.400. The van der Waals surface area contributed by atoms with E-state index >= 15 is 0 Å². The van der Waals surface area contributed by atoms with Crippen LogP contribution in [-0.2, 0) is 4.79 Å². The van der Waals surface area contributed by atoms with Gasteiger partial charge in [0.25, 0.3) is 5.91 Å². The molecule has 0 radical (unpaired) electrons. The smallest absolute Gasteiger partial charge is 0.289 e. The number of rotatable bonds is 3. The Labute approximate surface area is 158 Å². The van der Waals surface area contributed by atoms with Crippen molar-refractivity contribution in [2.75, 3.05) is 26.2 Å². The Bertz CT molecular complexity index is 812. The van der Waals surface area contributed by atoms with E-state index in [0.29, 0.717) is 38.4 Å². The number of nitrogens with zero attached hydrogens (tertiary/aromatic N) is 2. The van der Waals surface area contributed by atoms with Crippen molar-refractivity contribution < 1.29 is 14.0 Å². The second-order valence-corrected chi connectivity index (χ2v) is 7.06. The molecule has 1 aromatic carbocycles. The molecule has 2 saturated heterocycles. The molecule has 2 amide bonds. The fourth-order valence-electron chi connectivity index (χ4n) is 3.80. The van der Waals surface area contributed by atoms with Crippen LogP contribution in [0.5, 0.6) is 0 Å². The summed E-state index contributed by atoms with van der Waals surface area (Å²) in [6.45, 7) is 4.64. The van der Waals surface area contributed by atoms with Crippen LogP contribution in [0.1, 0.15) is 34.1 Å². The number of carbonyl (C=O) groups is 2. The van der Waals surface area contributed by atoms with Gasteiger partial charge in [-0.15, -0.1) is 0 Å². The summed E-state index contributed by atoms with van der Waals surface area (Å²) >= 11 is 0. The van der Waals surface area contributed by atoms with Gasteiger partial charge in [0, 0.05) is 38.6 Å². The molecule has 2 aliphatic heterocycles. The Balaban J connectivity index is 1.40. The van der Waals surface area contributed by atoms with E-state index in [1.807, 2.05) is 12.1 Å². The van der Waals surface area contributed by atoms with E-state index in [1.165, 1.54) is 11.8 Å². The van der Waals surface area contributed by atoms with Gasteiger partial charge in [-0.05, 0) is 30.2 Å². The minimum Gasteiger partial charge on any atom is -0.459 e. The average Bonchev–Trinajstić information content (AvgIpc) is 3.22. The molecular weight excluding hydrogens is 344 g/mol. The molecule has 0 saturated carbocycles. The maximum atomic E-state index is 12.4. The third-order valence-corrected chi connectivity index (χ3v) is 5.31. The minimum atomic E-state index is -0.225. The van der Waals surface area contributed by atoms with Crippen LogP contribution in [0.3, 0.4) is 0 Å². The second kappa shape index (κ2) is 7.54. The van der Waals surface area contributed by atoms with Crippen LogP contribution >= 0.6 is 0 Å². The zero-order valence-electron chi connectivity index (χ0n) is 15.4. The third kappa shape index (κ3) is 3.74. The molecule has 2 atom stereocenters. The molecule has 7 nitrogen and oxygen atoms in total. The summed E-state index contributed by atoms with van der Waals surface area (Å²) in [7, 11) is 0. The quantitative estimate of drug-likeness (QED) is 0.858. The number of nitrogens with one attached hydrogen (secondary N) is 2. The third-order valence-electron chi connectivity index (χ3n) is 5.31. The first-order chi connectivity index (χ1) is 13.1. The van der Waals surface area contributed by atoms with Gasteiger partial charge >= 0.3 is 0 Å². The molecule has 0 spiro atoms. The van der Waals surface area contributed by atoms with Gasteiger partial charge < -0.3 is 14.6 Å². The number of hydrogen-bond donors (Lipinski definition) is 2. The molecule has 2 unspecified atom stereocenters. The van der Waals surface area contributed by atoms with E-state index in [-0.39, 0.29) is 24.1 Å². The molecule has 142 valence electrons. The first-order valence-electron chi connectivity index (χ1n) is 9.29. The lowest BCUT2D eigenvalue weighted by atomic mass is 9.97. The maximum Gasteiger partial charge on any atom is 0.289 e. The summed E-state index contributed by atoms with van der Waals surface area (Å²) in [4.78, 5) is 28.6. The summed E-state index contributed by atoms with van der Waals surface area (Å²) in [6.07, 6.45) is 1.71. The first-order valence-corrected chi connectivity index (χ1v) is 9.29. The highest BCUT2D eigenvalue weighted by molar-refractivity contribution is 5.91. The topological polar surface area (TPSA) is 77.8 Å². The monoisotopic (exact) mass is 368 g/mol. The van der Waals surface area contributed by atoms with Gasteiger partial charge in [-0.2, -0.15) is 0 Å². The number of hydrogen-bond acceptors (Lipinski definition) is 5. The summed E-state index contributed by atoms with van der Waals surface area (Å²) < 4.78 is 5.21. The van der Waals surface area contributed by atoms with Gasteiger partial charge in [-0.25, -0.2) is 0 Å². The predicted octanol–water partition coefficient (Wildman–Crippen LogP) is 1.48. The van der Waals surface area contributed by atoms with Crippen molar-refractivity contribution in [1.82, 2.24) is 20.4 Å². The van der Waals surface area contributed by atoms with E-state index in [9.17, 15) is 9.59 Å². The number of furan rings is 1. The lowest BCUT2D eigenvalue weighted by molar-refractivity contribution is -0.127. The van der Waals surface area contributed by atoms with Gasteiger partial charge in [0.05, 0.1) is 6.26 Å². The number of amides is 2. The average molecular weight is 368 g/mol. The van der Waals surface area contributed by atoms with Crippen molar-refractivity contribution in [1.29, 1.82) is 0 Å². The minimum absolute atomic E-state index is 0.00673. The normalized spacial score (nSPS) is 23.9. The molecular formula is C20H24N4O3. The summed E-state index contributed by atoms with van der Waals surface area (Å²) in [5.74, 6) is 0.325. The first kappa shape index (κ1) is 17.8. The lowest BCUT2D eigenvalue weighted by Crippen LogP contribution is -2.65. The zero-order chi connectivity index (χ0) is 18.8. The van der Waals surface area contributed by atoms with Gasteiger partial charge in [0.1, 0.15) is 6.29 Å². The van der Waals surface area contributed by atoms with E-state index in [4.69, 9.17) is 4.42 Å². The summed E-state index contributed by atoms with van der Waals surface area (Å²) in [5.41, 5.74) is 2.33. The Hall–Kier alpha value is -2.64. The highest BCUT2D eigenvalue weighted by Crippen LogP contribution is 2.24. The SMILES string of the molecule is Cc1ccccc1C1CC(=O)NC(N2CCN(C(=O)c3ccco3)CC2)N1. The van der Waals surface area contributed by atoms with Gasteiger partial charge in [-0.3, -0.25) is 19.8 Å². The lowest BCUT2D eigenvalue weighted by Gasteiger charge is -2.43. The van der Waals surface area contributed by atoms with Crippen molar-refractivity contribution >= 4 is 11.8 Å². The fourth-order valence-corrected chi connectivity index (χ4v) is 3.80. The van der Waals surface area contributed by atoms with Gasteiger partial charge in [0.2, 0.25) is 5.91 Å². The Morgan fingerprint density at radius 3 is 2.59 bits per heavy atom. The van der Waals surface area contributed by atoms with Gasteiger partial charge in [0.15, 0.2) is 5.76 Å². The largest absolute Gasteiger partial charge is 0.459 e. The number of aryl methyl sites for hydroxylation is 1. The molecule has 2 aliphatic rings. The molecule has 2 aromatic rings. The van der Waals surface area contributed by atoms with E-state index in [2.05, 4.69) is 34.6 Å². The molecule has 2 fully saturated rings. The van der Waals surface area contributed by atoms with Crippen molar-refractivity contribution in [3.05, 3.63) is 59.5 Å². The Morgan fingerprint density at radius 2 is 1.89 bits per heavy atom. The van der Waals surface area contributed by atoms with Gasteiger partial charge in [-0.1, -0.05) is 24.3 Å². The van der Waals surface area contributed by atoms with Crippen molar-refractivity contribution in [2.24, 2.45) is 0 Å². The molecule has 0 aliphatic carbocycles. The number of benzene rings is 1. The summed E-state index contributed by atoms with van der Waals surface area (Å²) in [5, 5.41) is 6.59. The Kier molecular flexibility index (Phi) is 4.96. The molecule has 27 heavy (non-hydrogen) atoms. The molecule has 1 aromatic heterocycles.